The van der Waals surface area contributed by atoms with Gasteiger partial charge in [-0.2, -0.15) is 0 Å². The van der Waals surface area contributed by atoms with Crippen molar-refractivity contribution in [1.29, 1.82) is 0 Å². The maximum absolute atomic E-state index is 10.4. The molecule has 0 aliphatic carbocycles. The number of aliphatic carboxylic acids is 1. The Morgan fingerprint density at radius 2 is 1.40 bits per heavy atom. The number of carboxylic acid groups (broad SMARTS) is 1. The molecule has 142 valence electrons. The molecule has 1 atom stereocenters. The highest BCUT2D eigenvalue weighted by Gasteiger charge is 2.03. The van der Waals surface area contributed by atoms with Gasteiger partial charge in [-0.15, -0.1) is 0 Å². The molecule has 0 aromatic heterocycles. The van der Waals surface area contributed by atoms with Crippen LogP contribution in [-0.4, -0.2) is 11.1 Å². The van der Waals surface area contributed by atoms with E-state index in [2.05, 4.69) is 53.8 Å². The molecule has 0 bridgehead atoms. The van der Waals surface area contributed by atoms with Crippen LogP contribution in [0.5, 0.6) is 0 Å². The summed E-state index contributed by atoms with van der Waals surface area (Å²) in [6.45, 7) is 2.38. The highest BCUT2D eigenvalue weighted by atomic mass is 127. The smallest absolute Gasteiger partial charge is 0.303 e. The van der Waals surface area contributed by atoms with E-state index in [1.54, 1.807) is 0 Å². The highest BCUT2D eigenvalue weighted by Crippen LogP contribution is 2.18. The Morgan fingerprint density at radius 3 is 2.00 bits per heavy atom. The quantitative estimate of drug-likeness (QED) is 0.222. The SMILES string of the molecule is CC(CCCCCCCC(=O)O)CCCCCCc1ccc(I)cc1. The highest BCUT2D eigenvalue weighted by molar-refractivity contribution is 14.1. The average molecular weight is 458 g/mol. The van der Waals surface area contributed by atoms with E-state index in [9.17, 15) is 4.79 Å². The van der Waals surface area contributed by atoms with E-state index in [1.807, 2.05) is 0 Å². The molecule has 0 radical (unpaired) electrons. The Balaban J connectivity index is 1.87. The van der Waals surface area contributed by atoms with E-state index in [0.717, 1.165) is 18.8 Å². The van der Waals surface area contributed by atoms with Gasteiger partial charge in [-0.3, -0.25) is 4.79 Å². The van der Waals surface area contributed by atoms with Crippen molar-refractivity contribution < 1.29 is 9.90 Å². The second kappa shape index (κ2) is 14.6. The van der Waals surface area contributed by atoms with Crippen molar-refractivity contribution in [2.24, 2.45) is 5.92 Å². The summed E-state index contributed by atoms with van der Waals surface area (Å²) >= 11 is 2.36. The maximum Gasteiger partial charge on any atom is 0.303 e. The number of hydrogen-bond donors (Lipinski definition) is 1. The van der Waals surface area contributed by atoms with Crippen LogP contribution >= 0.6 is 22.6 Å². The van der Waals surface area contributed by atoms with Crippen LogP contribution in [0.15, 0.2) is 24.3 Å². The first-order chi connectivity index (χ1) is 12.1. The number of carboxylic acids is 1. The fourth-order valence-corrected chi connectivity index (χ4v) is 3.63. The van der Waals surface area contributed by atoms with Crippen molar-refractivity contribution in [1.82, 2.24) is 0 Å². The summed E-state index contributed by atoms with van der Waals surface area (Å²) in [4.78, 5) is 10.4. The summed E-state index contributed by atoms with van der Waals surface area (Å²) < 4.78 is 1.32. The summed E-state index contributed by atoms with van der Waals surface area (Å²) in [6, 6.07) is 8.91. The second-order valence-corrected chi connectivity index (χ2v) is 8.63. The molecule has 0 saturated heterocycles. The number of unbranched alkanes of at least 4 members (excludes halogenated alkanes) is 7. The van der Waals surface area contributed by atoms with Gasteiger partial charge < -0.3 is 5.11 Å². The Hall–Kier alpha value is -0.580. The van der Waals surface area contributed by atoms with Gasteiger partial charge in [0.2, 0.25) is 0 Å². The fraction of sp³-hybridized carbons (Fsp3) is 0.682. The average Bonchev–Trinajstić information content (AvgIpc) is 2.58. The molecule has 1 unspecified atom stereocenters. The Bertz CT molecular complexity index is 456. The van der Waals surface area contributed by atoms with Crippen molar-refractivity contribution in [2.75, 3.05) is 0 Å². The molecule has 1 rings (SSSR count). The Morgan fingerprint density at radius 1 is 0.880 bits per heavy atom. The van der Waals surface area contributed by atoms with E-state index in [-0.39, 0.29) is 0 Å². The molecule has 1 aromatic rings. The van der Waals surface area contributed by atoms with Crippen molar-refractivity contribution in [3.05, 3.63) is 33.4 Å². The van der Waals surface area contributed by atoms with Crippen LogP contribution in [0.4, 0.5) is 0 Å². The van der Waals surface area contributed by atoms with Crippen LogP contribution < -0.4 is 0 Å². The molecule has 1 N–H and O–H groups in total. The molecule has 0 aliphatic rings. The van der Waals surface area contributed by atoms with Crippen LogP contribution in [0.25, 0.3) is 0 Å². The van der Waals surface area contributed by atoms with E-state index >= 15 is 0 Å². The number of carbonyl (C=O) groups is 1. The number of aryl methyl sites for hydroxylation is 1. The van der Waals surface area contributed by atoms with Gasteiger partial charge in [0, 0.05) is 9.99 Å². The molecular formula is C22H35IO2. The minimum absolute atomic E-state index is 0.333. The fourth-order valence-electron chi connectivity index (χ4n) is 3.27. The molecule has 0 heterocycles. The number of halogens is 1. The second-order valence-electron chi connectivity index (χ2n) is 7.38. The summed E-state index contributed by atoms with van der Waals surface area (Å²) in [7, 11) is 0. The molecule has 25 heavy (non-hydrogen) atoms. The van der Waals surface area contributed by atoms with Crippen molar-refractivity contribution in [3.63, 3.8) is 0 Å². The monoisotopic (exact) mass is 458 g/mol. The lowest BCUT2D eigenvalue weighted by Crippen LogP contribution is -1.96. The standard InChI is InChI=1S/C22H35IO2/c1-19(11-7-3-2-4-10-14-22(24)25)12-8-5-6-9-13-20-15-17-21(23)18-16-20/h15-19H,2-14H2,1H3,(H,24,25). The Kier molecular flexibility index (Phi) is 13.1. The van der Waals surface area contributed by atoms with E-state index in [0.29, 0.717) is 6.42 Å². The van der Waals surface area contributed by atoms with Gasteiger partial charge in [0.1, 0.15) is 0 Å². The van der Waals surface area contributed by atoms with Crippen LogP contribution in [0.2, 0.25) is 0 Å². The summed E-state index contributed by atoms with van der Waals surface area (Å²) in [5.74, 6) is 0.183. The van der Waals surface area contributed by atoms with Crippen LogP contribution in [0.1, 0.15) is 89.5 Å². The number of benzene rings is 1. The lowest BCUT2D eigenvalue weighted by atomic mass is 9.95. The molecule has 0 aliphatic heterocycles. The predicted octanol–water partition coefficient (Wildman–Crippen LogP) is 7.24. The molecule has 1 aromatic carbocycles. The first-order valence-corrected chi connectivity index (χ1v) is 11.1. The molecule has 3 heteroatoms. The summed E-state index contributed by atoms with van der Waals surface area (Å²) in [5, 5.41) is 8.59. The van der Waals surface area contributed by atoms with Gasteiger partial charge in [-0.05, 0) is 65.5 Å². The third kappa shape index (κ3) is 13.3. The molecular weight excluding hydrogens is 423 g/mol. The summed E-state index contributed by atoms with van der Waals surface area (Å²) in [6.07, 6.45) is 15.3. The van der Waals surface area contributed by atoms with Gasteiger partial charge >= 0.3 is 5.97 Å². The normalized spacial score (nSPS) is 12.2. The van der Waals surface area contributed by atoms with Crippen LogP contribution in [0.3, 0.4) is 0 Å². The van der Waals surface area contributed by atoms with E-state index in [4.69, 9.17) is 5.11 Å². The summed E-state index contributed by atoms with van der Waals surface area (Å²) in [5.41, 5.74) is 1.47. The van der Waals surface area contributed by atoms with Gasteiger partial charge in [0.15, 0.2) is 0 Å². The first kappa shape index (κ1) is 22.5. The predicted molar refractivity (Wildman–Crippen MR) is 115 cm³/mol. The van der Waals surface area contributed by atoms with Gasteiger partial charge in [-0.1, -0.05) is 76.8 Å². The first-order valence-electron chi connectivity index (χ1n) is 10.0. The molecule has 0 fully saturated rings. The molecule has 0 amide bonds. The third-order valence-corrected chi connectivity index (χ3v) is 5.63. The van der Waals surface area contributed by atoms with Crippen LogP contribution in [-0.2, 0) is 11.2 Å². The van der Waals surface area contributed by atoms with E-state index in [1.165, 1.54) is 73.3 Å². The number of rotatable bonds is 15. The molecule has 0 saturated carbocycles. The van der Waals surface area contributed by atoms with Gasteiger partial charge in [0.05, 0.1) is 0 Å². The van der Waals surface area contributed by atoms with Crippen LogP contribution in [0, 0.1) is 9.49 Å². The number of hydrogen-bond acceptors (Lipinski definition) is 1. The van der Waals surface area contributed by atoms with Crippen molar-refractivity contribution in [2.45, 2.75) is 90.4 Å². The lowest BCUT2D eigenvalue weighted by Gasteiger charge is -2.11. The zero-order valence-electron chi connectivity index (χ0n) is 15.8. The van der Waals surface area contributed by atoms with Crippen molar-refractivity contribution >= 4 is 28.6 Å². The largest absolute Gasteiger partial charge is 0.481 e. The third-order valence-electron chi connectivity index (χ3n) is 4.91. The van der Waals surface area contributed by atoms with Gasteiger partial charge in [0.25, 0.3) is 0 Å². The molecule has 2 nitrogen and oxygen atoms in total. The van der Waals surface area contributed by atoms with E-state index < -0.39 is 5.97 Å². The zero-order valence-corrected chi connectivity index (χ0v) is 18.0. The minimum Gasteiger partial charge on any atom is -0.481 e. The van der Waals surface area contributed by atoms with Crippen molar-refractivity contribution in [3.8, 4) is 0 Å². The maximum atomic E-state index is 10.4. The Labute approximate surface area is 167 Å². The molecule has 0 spiro atoms. The zero-order chi connectivity index (χ0) is 18.3. The lowest BCUT2D eigenvalue weighted by molar-refractivity contribution is -0.137. The topological polar surface area (TPSA) is 37.3 Å². The van der Waals surface area contributed by atoms with Gasteiger partial charge in [-0.25, -0.2) is 0 Å². The minimum atomic E-state index is -0.660.